The maximum Gasteiger partial charge on any atom is 0.488 e. The van der Waals surface area contributed by atoms with E-state index in [1.807, 2.05) is 0 Å². The van der Waals surface area contributed by atoms with Crippen molar-refractivity contribution in [2.75, 3.05) is 12.3 Å². The predicted molar refractivity (Wildman–Crippen MR) is 94.7 cm³/mol. The smallest absolute Gasteiger partial charge is 0.387 e. The van der Waals surface area contributed by atoms with Crippen LogP contribution >= 0.6 is 23.9 Å². The lowest BCUT2D eigenvalue weighted by Crippen LogP contribution is -2.33. The van der Waals surface area contributed by atoms with Gasteiger partial charge in [0.1, 0.15) is 30.2 Å². The molecule has 3 heterocycles. The Morgan fingerprint density at radius 3 is 2.57 bits per heavy atom. The Kier molecular flexibility index (Phi) is 6.74. The van der Waals surface area contributed by atoms with Crippen molar-refractivity contribution >= 4 is 40.9 Å². The van der Waals surface area contributed by atoms with Crippen LogP contribution in [0.15, 0.2) is 12.7 Å². The molecule has 2 aromatic rings. The summed E-state index contributed by atoms with van der Waals surface area (Å²) in [4.78, 5) is 37.8. The molecule has 30 heavy (non-hydrogen) atoms. The SMILES string of the molecule is Nc1ncnc2c1ncn2C1OC(CO[PH](=O)OP(=O)(O)OP(=O)(O)O)C(O)C1O. The molecular formula is C10H16N5O12P3. The average Bonchev–Trinajstić information content (AvgIpc) is 3.14. The van der Waals surface area contributed by atoms with Gasteiger partial charge in [0.05, 0.1) is 12.9 Å². The zero-order valence-corrected chi connectivity index (χ0v) is 17.3. The molecule has 17 nitrogen and oxygen atoms in total. The molecule has 6 atom stereocenters. The van der Waals surface area contributed by atoms with E-state index in [1.165, 1.54) is 10.9 Å². The van der Waals surface area contributed by atoms with E-state index in [2.05, 4.69) is 28.1 Å². The van der Waals surface area contributed by atoms with Gasteiger partial charge in [-0.1, -0.05) is 0 Å². The summed E-state index contributed by atoms with van der Waals surface area (Å²) in [6, 6.07) is 0. The largest absolute Gasteiger partial charge is 0.488 e. The highest BCUT2D eigenvalue weighted by atomic mass is 31.3. The van der Waals surface area contributed by atoms with Gasteiger partial charge < -0.3 is 39.9 Å². The molecule has 0 radical (unpaired) electrons. The summed E-state index contributed by atoms with van der Waals surface area (Å²) in [6.45, 7) is -0.688. The van der Waals surface area contributed by atoms with Crippen molar-refractivity contribution in [3.8, 4) is 0 Å². The highest BCUT2D eigenvalue weighted by Gasteiger charge is 2.45. The van der Waals surface area contributed by atoms with Crippen molar-refractivity contribution in [3.05, 3.63) is 12.7 Å². The number of aliphatic hydroxyl groups excluding tert-OH is 2. The number of imidazole rings is 1. The summed E-state index contributed by atoms with van der Waals surface area (Å²) in [5, 5.41) is 20.4. The maximum absolute atomic E-state index is 11.6. The predicted octanol–water partition coefficient (Wildman–Crippen LogP) is -1.34. The minimum Gasteiger partial charge on any atom is -0.387 e. The van der Waals surface area contributed by atoms with E-state index in [-0.39, 0.29) is 17.0 Å². The standard InChI is InChI=1S/C10H16N5O12P3/c11-8-5-9(13-2-12-8)15(3-14-5)10-7(17)6(16)4(25-10)1-24-28(18)26-30(22,23)27-29(19,20)21/h2-4,6-7,10,16-17,28H,1H2,(H,22,23)(H2,11,12,13)(H2,19,20,21). The van der Waals surface area contributed by atoms with Crippen LogP contribution in [-0.2, 0) is 31.6 Å². The van der Waals surface area contributed by atoms with Crippen LogP contribution in [0.3, 0.4) is 0 Å². The lowest BCUT2D eigenvalue weighted by Gasteiger charge is -2.16. The summed E-state index contributed by atoms with van der Waals surface area (Å²) in [7, 11) is -14.6. The van der Waals surface area contributed by atoms with Gasteiger partial charge in [0.15, 0.2) is 17.7 Å². The second-order valence-electron chi connectivity index (χ2n) is 5.82. The van der Waals surface area contributed by atoms with Crippen LogP contribution in [0, 0.1) is 0 Å². The molecule has 7 N–H and O–H groups in total. The van der Waals surface area contributed by atoms with Crippen LogP contribution in [0.5, 0.6) is 0 Å². The molecule has 1 aliphatic heterocycles. The number of anilines is 1. The number of hydrogen-bond donors (Lipinski definition) is 6. The molecule has 0 spiro atoms. The van der Waals surface area contributed by atoms with Gasteiger partial charge in [-0.25, -0.2) is 28.4 Å². The Labute approximate surface area is 167 Å². The number of aromatic nitrogens is 4. The topological polar surface area (TPSA) is 259 Å². The summed E-state index contributed by atoms with van der Waals surface area (Å²) in [5.41, 5.74) is 6.11. The van der Waals surface area contributed by atoms with Crippen molar-refractivity contribution < 1.29 is 56.5 Å². The zero-order valence-electron chi connectivity index (χ0n) is 14.5. The van der Waals surface area contributed by atoms with Crippen molar-refractivity contribution in [1.82, 2.24) is 19.5 Å². The second kappa shape index (κ2) is 8.67. The number of fused-ring (bicyclic) bond motifs is 1. The van der Waals surface area contributed by atoms with Crippen LogP contribution in [0.4, 0.5) is 5.82 Å². The summed E-state index contributed by atoms with van der Waals surface area (Å²) < 4.78 is 52.4. The minimum atomic E-state index is -5.40. The molecule has 2 aromatic heterocycles. The lowest BCUT2D eigenvalue weighted by atomic mass is 10.1. The van der Waals surface area contributed by atoms with Crippen molar-refractivity contribution in [2.24, 2.45) is 0 Å². The fourth-order valence-corrected chi connectivity index (χ4v) is 5.35. The number of nitrogens with two attached hydrogens (primary N) is 1. The fourth-order valence-electron chi connectivity index (χ4n) is 2.57. The monoisotopic (exact) mass is 491 g/mol. The lowest BCUT2D eigenvalue weighted by molar-refractivity contribution is -0.0476. The normalized spacial score (nSPS) is 27.9. The molecule has 1 aliphatic rings. The van der Waals surface area contributed by atoms with E-state index in [4.69, 9.17) is 25.2 Å². The first kappa shape index (κ1) is 23.3. The molecule has 0 bridgehead atoms. The van der Waals surface area contributed by atoms with E-state index in [9.17, 15) is 23.9 Å². The van der Waals surface area contributed by atoms with Gasteiger partial charge in [-0.05, 0) is 0 Å². The number of aliphatic hydroxyl groups is 2. The Bertz CT molecular complexity index is 1040. The molecule has 0 aromatic carbocycles. The third kappa shape index (κ3) is 5.29. The highest BCUT2D eigenvalue weighted by molar-refractivity contribution is 7.64. The molecule has 1 fully saturated rings. The van der Waals surface area contributed by atoms with E-state index < -0.39 is 55.0 Å². The number of hydrogen-bond acceptors (Lipinski definition) is 13. The van der Waals surface area contributed by atoms with E-state index in [0.29, 0.717) is 0 Å². The molecule has 3 rings (SSSR count). The first-order valence-electron chi connectivity index (χ1n) is 7.78. The third-order valence-electron chi connectivity index (χ3n) is 3.76. The van der Waals surface area contributed by atoms with Crippen molar-refractivity contribution in [3.63, 3.8) is 0 Å². The van der Waals surface area contributed by atoms with Crippen molar-refractivity contribution in [1.29, 1.82) is 0 Å². The summed E-state index contributed by atoms with van der Waals surface area (Å²) in [6.07, 6.45) is -3.12. The number of phosphoric acid groups is 2. The molecule has 0 amide bonds. The van der Waals surface area contributed by atoms with Gasteiger partial charge in [-0.15, -0.1) is 0 Å². The number of nitrogen functional groups attached to an aromatic ring is 1. The second-order valence-corrected chi connectivity index (χ2v) is 9.91. The average molecular weight is 491 g/mol. The third-order valence-corrected chi connectivity index (χ3v) is 7.36. The number of rotatable bonds is 8. The maximum atomic E-state index is 11.6. The fraction of sp³-hybridized carbons (Fsp3) is 0.500. The summed E-state index contributed by atoms with van der Waals surface area (Å²) in [5.74, 6) is 0.0772. The Morgan fingerprint density at radius 1 is 1.20 bits per heavy atom. The minimum absolute atomic E-state index is 0.0772. The van der Waals surface area contributed by atoms with Gasteiger partial charge in [0.25, 0.3) is 0 Å². The number of nitrogens with zero attached hydrogens (tertiary/aromatic N) is 4. The molecule has 0 aliphatic carbocycles. The van der Waals surface area contributed by atoms with Gasteiger partial charge in [-0.3, -0.25) is 9.13 Å². The van der Waals surface area contributed by atoms with E-state index >= 15 is 0 Å². The molecule has 6 unspecified atom stereocenters. The van der Waals surface area contributed by atoms with Crippen LogP contribution in [-0.4, -0.2) is 69.3 Å². The van der Waals surface area contributed by atoms with Gasteiger partial charge in [-0.2, -0.15) is 4.31 Å². The van der Waals surface area contributed by atoms with Crippen LogP contribution in [0.25, 0.3) is 11.2 Å². The quantitative estimate of drug-likeness (QED) is 0.233. The van der Waals surface area contributed by atoms with Gasteiger partial charge in [0, 0.05) is 0 Å². The van der Waals surface area contributed by atoms with Gasteiger partial charge in [0.2, 0.25) is 0 Å². The van der Waals surface area contributed by atoms with Gasteiger partial charge >= 0.3 is 23.9 Å². The highest BCUT2D eigenvalue weighted by Crippen LogP contribution is 2.61. The zero-order chi connectivity index (χ0) is 22.3. The first-order chi connectivity index (χ1) is 13.9. The van der Waals surface area contributed by atoms with Crippen LogP contribution in [0.2, 0.25) is 0 Å². The molecule has 168 valence electrons. The molecule has 1 saturated heterocycles. The first-order valence-corrected chi connectivity index (χ1v) is 12.0. The Hall–Kier alpha value is -1.32. The van der Waals surface area contributed by atoms with Crippen molar-refractivity contribution in [2.45, 2.75) is 24.5 Å². The Morgan fingerprint density at radius 2 is 1.90 bits per heavy atom. The molecule has 20 heteroatoms. The van der Waals surface area contributed by atoms with E-state index in [0.717, 1.165) is 6.33 Å². The van der Waals surface area contributed by atoms with Crippen LogP contribution in [0.1, 0.15) is 6.23 Å². The Balaban J connectivity index is 1.64. The van der Waals surface area contributed by atoms with Crippen LogP contribution < -0.4 is 5.73 Å². The molecular weight excluding hydrogens is 475 g/mol. The number of ether oxygens (including phenoxy) is 1. The molecule has 0 saturated carbocycles. The van der Waals surface area contributed by atoms with E-state index in [1.54, 1.807) is 0 Å². The summed E-state index contributed by atoms with van der Waals surface area (Å²) >= 11 is 0.